The molecule has 25 heavy (non-hydrogen) atoms. The molecule has 0 N–H and O–H groups in total. The highest BCUT2D eigenvalue weighted by atomic mass is 28.4. The summed E-state index contributed by atoms with van der Waals surface area (Å²) in [5.41, 5.74) is 1.11. The Kier molecular flexibility index (Phi) is 10.0. The maximum absolute atomic E-state index is 11.3. The summed E-state index contributed by atoms with van der Waals surface area (Å²) in [6.45, 7) is 9.73. The molecule has 0 fully saturated rings. The molecule has 1 aromatic rings. The van der Waals surface area contributed by atoms with Gasteiger partial charge in [0.05, 0.1) is 19.8 Å². The molecule has 1 aromatic carbocycles. The van der Waals surface area contributed by atoms with Gasteiger partial charge in [-0.2, -0.15) is 0 Å². The fourth-order valence-corrected chi connectivity index (χ4v) is 5.92. The number of rotatable bonds is 13. The van der Waals surface area contributed by atoms with Gasteiger partial charge in [-0.3, -0.25) is 0 Å². The van der Waals surface area contributed by atoms with Gasteiger partial charge in [-0.25, -0.2) is 0 Å². The lowest BCUT2D eigenvalue weighted by molar-refractivity contribution is -0.113. The first-order chi connectivity index (χ1) is 12.0. The van der Waals surface area contributed by atoms with Crippen molar-refractivity contribution in [3.8, 4) is 5.75 Å². The van der Waals surface area contributed by atoms with E-state index in [1.807, 2.05) is 31.2 Å². The first-order valence-electron chi connectivity index (χ1n) is 9.37. The van der Waals surface area contributed by atoms with E-state index in [-0.39, 0.29) is 12.0 Å². The Labute approximate surface area is 154 Å². The van der Waals surface area contributed by atoms with E-state index >= 15 is 0 Å². The van der Waals surface area contributed by atoms with Crippen LogP contribution in [-0.4, -0.2) is 34.4 Å². The molecule has 2 atom stereocenters. The highest BCUT2D eigenvalue weighted by Crippen LogP contribution is 2.26. The third-order valence-corrected chi connectivity index (χ3v) is 9.78. The second kappa shape index (κ2) is 11.4. The van der Waals surface area contributed by atoms with Crippen LogP contribution in [0.3, 0.4) is 0 Å². The number of hydrogen-bond donors (Lipinski definition) is 0. The Balaban J connectivity index is 2.53. The average molecular weight is 367 g/mol. The van der Waals surface area contributed by atoms with E-state index in [9.17, 15) is 4.79 Å². The van der Waals surface area contributed by atoms with Gasteiger partial charge in [0.25, 0.3) is 0 Å². The fraction of sp³-hybridized carbons (Fsp3) is 0.650. The SMILES string of the molecule is CC[Si](CC)(CC)O[C@H](CCOCc1ccc(OC)cc1)[C@@H](C)C=O. The second-order valence-electron chi connectivity index (χ2n) is 6.58. The summed E-state index contributed by atoms with van der Waals surface area (Å²) in [7, 11) is -0.0637. The Hall–Kier alpha value is -1.17. The maximum Gasteiger partial charge on any atom is 0.192 e. The van der Waals surface area contributed by atoms with Gasteiger partial charge in [-0.1, -0.05) is 39.8 Å². The molecule has 0 heterocycles. The lowest BCUT2D eigenvalue weighted by Crippen LogP contribution is -2.42. The molecule has 1 rings (SSSR count). The predicted molar refractivity (Wildman–Crippen MR) is 105 cm³/mol. The highest BCUT2D eigenvalue weighted by Gasteiger charge is 2.33. The normalized spacial score (nSPS) is 14.1. The molecule has 0 saturated heterocycles. The third-order valence-electron chi connectivity index (χ3n) is 5.11. The Bertz CT molecular complexity index is 477. The summed E-state index contributed by atoms with van der Waals surface area (Å²) in [6, 6.07) is 11.2. The second-order valence-corrected chi connectivity index (χ2v) is 11.3. The van der Waals surface area contributed by atoms with Crippen LogP contribution in [0.1, 0.15) is 39.7 Å². The van der Waals surface area contributed by atoms with E-state index in [2.05, 4.69) is 20.8 Å². The van der Waals surface area contributed by atoms with E-state index in [0.29, 0.717) is 13.2 Å². The quantitative estimate of drug-likeness (QED) is 0.285. The largest absolute Gasteiger partial charge is 0.497 e. The highest BCUT2D eigenvalue weighted by molar-refractivity contribution is 6.73. The number of ether oxygens (including phenoxy) is 2. The topological polar surface area (TPSA) is 44.8 Å². The zero-order chi connectivity index (χ0) is 18.7. The molecule has 0 unspecified atom stereocenters. The van der Waals surface area contributed by atoms with Crippen LogP contribution in [0.5, 0.6) is 5.75 Å². The minimum atomic E-state index is -1.72. The first kappa shape index (κ1) is 21.9. The van der Waals surface area contributed by atoms with E-state index in [1.54, 1.807) is 7.11 Å². The Morgan fingerprint density at radius 2 is 1.68 bits per heavy atom. The lowest BCUT2D eigenvalue weighted by atomic mass is 10.0. The molecule has 0 aliphatic rings. The molecule has 0 saturated carbocycles. The van der Waals surface area contributed by atoms with Gasteiger partial charge in [0.1, 0.15) is 12.0 Å². The van der Waals surface area contributed by atoms with Gasteiger partial charge in [0.2, 0.25) is 0 Å². The van der Waals surface area contributed by atoms with Gasteiger partial charge < -0.3 is 18.7 Å². The molecular weight excluding hydrogens is 332 g/mol. The predicted octanol–water partition coefficient (Wildman–Crippen LogP) is 4.83. The molecule has 0 aliphatic carbocycles. The van der Waals surface area contributed by atoms with Crippen LogP contribution >= 0.6 is 0 Å². The monoisotopic (exact) mass is 366 g/mol. The average Bonchev–Trinajstić information content (AvgIpc) is 2.67. The van der Waals surface area contributed by atoms with Crippen molar-refractivity contribution in [2.75, 3.05) is 13.7 Å². The minimum Gasteiger partial charge on any atom is -0.497 e. The van der Waals surface area contributed by atoms with Gasteiger partial charge in [-0.05, 0) is 42.2 Å². The third kappa shape index (κ3) is 6.92. The Morgan fingerprint density at radius 3 is 2.16 bits per heavy atom. The van der Waals surface area contributed by atoms with Crippen molar-refractivity contribution < 1.29 is 18.7 Å². The minimum absolute atomic E-state index is 0.0418. The molecule has 142 valence electrons. The number of carbonyl (C=O) groups is 1. The number of hydrogen-bond acceptors (Lipinski definition) is 4. The van der Waals surface area contributed by atoms with Gasteiger partial charge >= 0.3 is 0 Å². The van der Waals surface area contributed by atoms with Gasteiger partial charge in [0.15, 0.2) is 8.32 Å². The molecular formula is C20H34O4Si. The summed E-state index contributed by atoms with van der Waals surface area (Å²) in [4.78, 5) is 11.3. The summed E-state index contributed by atoms with van der Waals surface area (Å²) < 4.78 is 17.5. The molecule has 5 heteroatoms. The fourth-order valence-electron chi connectivity index (χ4n) is 2.95. The van der Waals surface area contributed by atoms with E-state index in [0.717, 1.165) is 42.2 Å². The molecule has 4 nitrogen and oxygen atoms in total. The molecule has 0 bridgehead atoms. The van der Waals surface area contributed by atoms with Crippen LogP contribution in [0, 0.1) is 5.92 Å². The summed E-state index contributed by atoms with van der Waals surface area (Å²) >= 11 is 0. The zero-order valence-electron chi connectivity index (χ0n) is 16.4. The number of aldehydes is 1. The molecule has 0 aliphatic heterocycles. The molecule has 0 radical (unpaired) electrons. The molecule has 0 aromatic heterocycles. The van der Waals surface area contributed by atoms with Crippen molar-refractivity contribution in [3.63, 3.8) is 0 Å². The number of methoxy groups -OCH3 is 1. The van der Waals surface area contributed by atoms with Crippen molar-refractivity contribution in [3.05, 3.63) is 29.8 Å². The molecule has 0 amide bonds. The van der Waals surface area contributed by atoms with Gasteiger partial charge in [0, 0.05) is 12.5 Å². The van der Waals surface area contributed by atoms with Crippen molar-refractivity contribution in [2.24, 2.45) is 5.92 Å². The van der Waals surface area contributed by atoms with Crippen LogP contribution in [0.2, 0.25) is 18.1 Å². The lowest BCUT2D eigenvalue weighted by Gasteiger charge is -2.34. The van der Waals surface area contributed by atoms with Crippen LogP contribution < -0.4 is 4.74 Å². The number of benzene rings is 1. The number of carbonyl (C=O) groups excluding carboxylic acids is 1. The van der Waals surface area contributed by atoms with Crippen molar-refractivity contribution in [1.29, 1.82) is 0 Å². The summed E-state index contributed by atoms with van der Waals surface area (Å²) in [5, 5.41) is 0. The van der Waals surface area contributed by atoms with Gasteiger partial charge in [-0.15, -0.1) is 0 Å². The van der Waals surface area contributed by atoms with Crippen LogP contribution in [0.15, 0.2) is 24.3 Å². The summed E-state index contributed by atoms with van der Waals surface area (Å²) in [5.74, 6) is 0.748. The van der Waals surface area contributed by atoms with E-state index in [4.69, 9.17) is 13.9 Å². The Morgan fingerprint density at radius 1 is 1.08 bits per heavy atom. The van der Waals surface area contributed by atoms with Crippen molar-refractivity contribution in [2.45, 2.75) is 65.0 Å². The van der Waals surface area contributed by atoms with Crippen LogP contribution in [0.25, 0.3) is 0 Å². The van der Waals surface area contributed by atoms with Crippen LogP contribution in [0.4, 0.5) is 0 Å². The standard InChI is InChI=1S/C20H34O4Si/c1-6-25(7-2,8-3)24-20(17(4)15-21)13-14-23-16-18-9-11-19(22-5)12-10-18/h9-12,15,17,20H,6-8,13-14,16H2,1-5H3/t17-,20+/m0/s1. The zero-order valence-corrected chi connectivity index (χ0v) is 17.4. The van der Waals surface area contributed by atoms with E-state index in [1.165, 1.54) is 0 Å². The molecule has 0 spiro atoms. The summed E-state index contributed by atoms with van der Waals surface area (Å²) in [6.07, 6.45) is 1.72. The first-order valence-corrected chi connectivity index (χ1v) is 11.9. The maximum atomic E-state index is 11.3. The smallest absolute Gasteiger partial charge is 0.192 e. The van der Waals surface area contributed by atoms with E-state index < -0.39 is 8.32 Å². The van der Waals surface area contributed by atoms with Crippen molar-refractivity contribution >= 4 is 14.6 Å². The van der Waals surface area contributed by atoms with Crippen molar-refractivity contribution in [1.82, 2.24) is 0 Å². The van der Waals surface area contributed by atoms with Crippen LogP contribution in [-0.2, 0) is 20.6 Å².